The first kappa shape index (κ1) is 14.1. The zero-order chi connectivity index (χ0) is 13.9. The minimum atomic E-state index is -1.08. The van der Waals surface area contributed by atoms with E-state index in [0.29, 0.717) is 12.3 Å². The Morgan fingerprint density at radius 3 is 2.53 bits per heavy atom. The Kier molecular flexibility index (Phi) is 4.26. The van der Waals surface area contributed by atoms with Gasteiger partial charge in [0.2, 0.25) is 0 Å². The second kappa shape index (κ2) is 5.75. The lowest BCUT2D eigenvalue weighted by atomic mass is 9.99. The number of methoxy groups -OCH3 is 1. The molecule has 1 heterocycles. The van der Waals surface area contributed by atoms with E-state index in [1.54, 1.807) is 12.0 Å². The molecule has 0 spiro atoms. The van der Waals surface area contributed by atoms with Gasteiger partial charge in [-0.15, -0.1) is 0 Å². The standard InChI is InChI=1S/C13H19NO5/c1-18-11-2-3-12-10(4-11)5-14(9-19-12)13(6-15,7-16)8-17/h2-4,15-17H,5-9H2,1H3. The van der Waals surface area contributed by atoms with Crippen molar-refractivity contribution in [3.8, 4) is 11.5 Å². The third kappa shape index (κ3) is 2.52. The fraction of sp³-hybridized carbons (Fsp3) is 0.538. The van der Waals surface area contributed by atoms with Gasteiger partial charge in [0.15, 0.2) is 0 Å². The second-order valence-corrected chi connectivity index (χ2v) is 4.64. The minimum absolute atomic E-state index is 0.209. The van der Waals surface area contributed by atoms with Crippen LogP contribution < -0.4 is 9.47 Å². The maximum absolute atomic E-state index is 9.44. The van der Waals surface area contributed by atoms with Crippen molar-refractivity contribution in [1.82, 2.24) is 4.90 Å². The van der Waals surface area contributed by atoms with Crippen molar-refractivity contribution >= 4 is 0 Å². The van der Waals surface area contributed by atoms with E-state index in [-0.39, 0.29) is 26.6 Å². The van der Waals surface area contributed by atoms with Crippen LogP contribution in [0.15, 0.2) is 18.2 Å². The summed E-state index contributed by atoms with van der Waals surface area (Å²) in [4.78, 5) is 1.72. The van der Waals surface area contributed by atoms with Crippen molar-refractivity contribution in [2.75, 3.05) is 33.7 Å². The smallest absolute Gasteiger partial charge is 0.143 e. The van der Waals surface area contributed by atoms with Crippen LogP contribution in [0.4, 0.5) is 0 Å². The summed E-state index contributed by atoms with van der Waals surface area (Å²) in [6, 6.07) is 5.48. The van der Waals surface area contributed by atoms with Gasteiger partial charge in [-0.05, 0) is 18.2 Å². The zero-order valence-corrected chi connectivity index (χ0v) is 10.9. The number of hydrogen-bond donors (Lipinski definition) is 3. The predicted molar refractivity (Wildman–Crippen MR) is 68.0 cm³/mol. The van der Waals surface area contributed by atoms with Crippen molar-refractivity contribution in [3.05, 3.63) is 23.8 Å². The molecule has 1 aliphatic rings. The summed E-state index contributed by atoms with van der Waals surface area (Å²) in [7, 11) is 1.59. The van der Waals surface area contributed by atoms with Gasteiger partial charge in [-0.1, -0.05) is 0 Å². The SMILES string of the molecule is COc1ccc2c(c1)CN(C(CO)(CO)CO)CO2. The van der Waals surface area contributed by atoms with E-state index >= 15 is 0 Å². The van der Waals surface area contributed by atoms with Crippen molar-refractivity contribution in [1.29, 1.82) is 0 Å². The quantitative estimate of drug-likeness (QED) is 0.672. The van der Waals surface area contributed by atoms with Crippen LogP contribution >= 0.6 is 0 Å². The molecule has 0 aliphatic carbocycles. The molecule has 6 heteroatoms. The molecular weight excluding hydrogens is 250 g/mol. The molecule has 0 unspecified atom stereocenters. The Labute approximate surface area is 111 Å². The van der Waals surface area contributed by atoms with Gasteiger partial charge in [0.05, 0.1) is 32.5 Å². The number of benzene rings is 1. The topological polar surface area (TPSA) is 82.4 Å². The van der Waals surface area contributed by atoms with Crippen LogP contribution in [0.1, 0.15) is 5.56 Å². The van der Waals surface area contributed by atoms with Crippen LogP contribution in [0, 0.1) is 0 Å². The Balaban J connectivity index is 2.25. The van der Waals surface area contributed by atoms with Crippen molar-refractivity contribution < 1.29 is 24.8 Å². The van der Waals surface area contributed by atoms with Crippen LogP contribution in [0.3, 0.4) is 0 Å². The molecule has 0 fully saturated rings. The first-order valence-corrected chi connectivity index (χ1v) is 6.06. The normalized spacial score (nSPS) is 15.8. The van der Waals surface area contributed by atoms with Crippen molar-refractivity contribution in [3.63, 3.8) is 0 Å². The van der Waals surface area contributed by atoms with Crippen molar-refractivity contribution in [2.24, 2.45) is 0 Å². The molecule has 1 aromatic carbocycles. The van der Waals surface area contributed by atoms with Gasteiger partial charge in [0, 0.05) is 12.1 Å². The van der Waals surface area contributed by atoms with Gasteiger partial charge >= 0.3 is 0 Å². The number of hydrogen-bond acceptors (Lipinski definition) is 6. The van der Waals surface area contributed by atoms with Gasteiger partial charge in [-0.3, -0.25) is 4.90 Å². The number of fused-ring (bicyclic) bond motifs is 1. The van der Waals surface area contributed by atoms with E-state index in [1.807, 2.05) is 18.2 Å². The van der Waals surface area contributed by atoms with E-state index in [4.69, 9.17) is 9.47 Å². The van der Waals surface area contributed by atoms with Gasteiger partial charge in [-0.25, -0.2) is 0 Å². The van der Waals surface area contributed by atoms with E-state index in [2.05, 4.69) is 0 Å². The average molecular weight is 269 g/mol. The summed E-state index contributed by atoms with van der Waals surface area (Å²) in [5, 5.41) is 28.3. The largest absolute Gasteiger partial charge is 0.497 e. The van der Waals surface area contributed by atoms with Gasteiger partial charge in [-0.2, -0.15) is 0 Å². The summed E-state index contributed by atoms with van der Waals surface area (Å²) >= 11 is 0. The fourth-order valence-corrected chi connectivity index (χ4v) is 2.10. The van der Waals surface area contributed by atoms with Gasteiger partial charge < -0.3 is 24.8 Å². The monoisotopic (exact) mass is 269 g/mol. The highest BCUT2D eigenvalue weighted by Gasteiger charge is 2.38. The highest BCUT2D eigenvalue weighted by Crippen LogP contribution is 2.31. The van der Waals surface area contributed by atoms with Gasteiger partial charge in [0.1, 0.15) is 18.2 Å². The Morgan fingerprint density at radius 1 is 1.26 bits per heavy atom. The first-order chi connectivity index (χ1) is 9.19. The summed E-state index contributed by atoms with van der Waals surface area (Å²) in [6.07, 6.45) is 0. The maximum atomic E-state index is 9.44. The number of rotatable bonds is 5. The molecule has 3 N–H and O–H groups in total. The highest BCUT2D eigenvalue weighted by atomic mass is 16.5. The van der Waals surface area contributed by atoms with Crippen LogP contribution in [0.25, 0.3) is 0 Å². The third-order valence-electron chi connectivity index (χ3n) is 3.56. The molecule has 1 aromatic rings. The Morgan fingerprint density at radius 2 is 1.95 bits per heavy atom. The van der Waals surface area contributed by atoms with Crippen molar-refractivity contribution in [2.45, 2.75) is 12.1 Å². The molecule has 106 valence electrons. The molecule has 0 saturated heterocycles. The number of aliphatic hydroxyl groups excluding tert-OH is 3. The number of nitrogens with zero attached hydrogens (tertiary/aromatic N) is 1. The first-order valence-electron chi connectivity index (χ1n) is 6.06. The molecule has 0 amide bonds. The highest BCUT2D eigenvalue weighted by molar-refractivity contribution is 5.41. The van der Waals surface area contributed by atoms with Crippen LogP contribution in [-0.2, 0) is 6.54 Å². The average Bonchev–Trinajstić information content (AvgIpc) is 2.49. The van der Waals surface area contributed by atoms with E-state index in [1.165, 1.54) is 0 Å². The molecule has 6 nitrogen and oxygen atoms in total. The summed E-state index contributed by atoms with van der Waals surface area (Å²) < 4.78 is 10.7. The lowest BCUT2D eigenvalue weighted by Crippen LogP contribution is -2.58. The fourth-order valence-electron chi connectivity index (χ4n) is 2.10. The molecule has 0 radical (unpaired) electrons. The lowest BCUT2D eigenvalue weighted by Gasteiger charge is -2.42. The Hall–Kier alpha value is -1.34. The third-order valence-corrected chi connectivity index (χ3v) is 3.56. The van der Waals surface area contributed by atoms with E-state index < -0.39 is 5.54 Å². The lowest BCUT2D eigenvalue weighted by molar-refractivity contribution is -0.0884. The number of aliphatic hydroxyl groups is 3. The molecule has 19 heavy (non-hydrogen) atoms. The second-order valence-electron chi connectivity index (χ2n) is 4.64. The maximum Gasteiger partial charge on any atom is 0.143 e. The molecular formula is C13H19NO5. The molecule has 0 saturated carbocycles. The van der Waals surface area contributed by atoms with E-state index in [9.17, 15) is 15.3 Å². The summed E-state index contributed by atoms with van der Waals surface area (Å²) in [5.41, 5.74) is -0.189. The molecule has 0 atom stereocenters. The number of ether oxygens (including phenoxy) is 2. The van der Waals surface area contributed by atoms with Crippen LogP contribution in [0.5, 0.6) is 11.5 Å². The van der Waals surface area contributed by atoms with Crippen LogP contribution in [0.2, 0.25) is 0 Å². The van der Waals surface area contributed by atoms with Crippen LogP contribution in [-0.4, -0.2) is 59.4 Å². The molecule has 2 rings (SSSR count). The minimum Gasteiger partial charge on any atom is -0.497 e. The summed E-state index contributed by atoms with van der Waals surface area (Å²) in [6.45, 7) is -0.358. The van der Waals surface area contributed by atoms with Gasteiger partial charge in [0.25, 0.3) is 0 Å². The molecule has 1 aliphatic heterocycles. The Bertz CT molecular complexity index is 425. The van der Waals surface area contributed by atoms with E-state index in [0.717, 1.165) is 11.3 Å². The molecule has 0 aromatic heterocycles. The predicted octanol–water partition coefficient (Wildman–Crippen LogP) is -0.437. The summed E-state index contributed by atoms with van der Waals surface area (Å²) in [5.74, 6) is 1.46. The zero-order valence-electron chi connectivity index (χ0n) is 10.9. The molecule has 0 bridgehead atoms.